The van der Waals surface area contributed by atoms with E-state index in [-0.39, 0.29) is 18.1 Å². The van der Waals surface area contributed by atoms with E-state index >= 15 is 0 Å². The van der Waals surface area contributed by atoms with Crippen LogP contribution in [0.5, 0.6) is 0 Å². The van der Waals surface area contributed by atoms with Crippen LogP contribution in [0.3, 0.4) is 0 Å². The maximum absolute atomic E-state index is 11.2. The summed E-state index contributed by atoms with van der Waals surface area (Å²) in [5.74, 6) is -0.495. The van der Waals surface area contributed by atoms with Crippen molar-refractivity contribution in [3.8, 4) is 0 Å². The summed E-state index contributed by atoms with van der Waals surface area (Å²) in [4.78, 5) is 21.5. The van der Waals surface area contributed by atoms with Gasteiger partial charge in [-0.3, -0.25) is 9.59 Å². The smallest absolute Gasteiger partial charge is 0.303 e. The molecule has 1 atom stereocenters. The van der Waals surface area contributed by atoms with Crippen LogP contribution in [-0.2, 0) is 9.59 Å². The van der Waals surface area contributed by atoms with Crippen LogP contribution in [0, 0.1) is 5.92 Å². The monoisotopic (exact) mass is 170 g/mol. The van der Waals surface area contributed by atoms with Gasteiger partial charge in [-0.15, -0.1) is 0 Å². The molecule has 1 saturated carbocycles. The van der Waals surface area contributed by atoms with Gasteiger partial charge >= 0.3 is 5.97 Å². The van der Waals surface area contributed by atoms with E-state index < -0.39 is 5.97 Å². The second kappa shape index (κ2) is 4.24. The summed E-state index contributed by atoms with van der Waals surface area (Å²) in [7, 11) is 0. The maximum Gasteiger partial charge on any atom is 0.303 e. The van der Waals surface area contributed by atoms with Gasteiger partial charge in [-0.1, -0.05) is 6.42 Å². The molecule has 12 heavy (non-hydrogen) atoms. The lowest BCUT2D eigenvalue weighted by atomic mass is 9.85. The zero-order chi connectivity index (χ0) is 8.97. The van der Waals surface area contributed by atoms with Crippen molar-refractivity contribution in [1.82, 2.24) is 0 Å². The number of ketones is 1. The molecular formula is C9H14O3. The lowest BCUT2D eigenvalue weighted by molar-refractivity contribution is -0.137. The van der Waals surface area contributed by atoms with E-state index in [1.807, 2.05) is 0 Å². The molecule has 3 heteroatoms. The Hall–Kier alpha value is -0.860. The highest BCUT2D eigenvalue weighted by Crippen LogP contribution is 2.24. The van der Waals surface area contributed by atoms with Gasteiger partial charge in [-0.05, 0) is 19.3 Å². The van der Waals surface area contributed by atoms with Crippen LogP contribution in [0.1, 0.15) is 38.5 Å². The number of carboxylic acids is 1. The molecule has 1 N–H and O–H groups in total. The summed E-state index contributed by atoms with van der Waals surface area (Å²) < 4.78 is 0. The predicted octanol–water partition coefficient (Wildman–Crippen LogP) is 1.61. The Balaban J connectivity index is 2.29. The van der Waals surface area contributed by atoms with Crippen LogP contribution in [0.15, 0.2) is 0 Å². The highest BCUT2D eigenvalue weighted by atomic mass is 16.4. The lowest BCUT2D eigenvalue weighted by Crippen LogP contribution is -2.19. The molecule has 0 aromatic heterocycles. The maximum atomic E-state index is 11.2. The molecule has 0 saturated heterocycles. The van der Waals surface area contributed by atoms with Crippen molar-refractivity contribution < 1.29 is 14.7 Å². The Labute approximate surface area is 71.8 Å². The summed E-state index contributed by atoms with van der Waals surface area (Å²) in [6.07, 6.45) is 4.29. The molecule has 0 unspecified atom stereocenters. The minimum absolute atomic E-state index is 0.0369. The van der Waals surface area contributed by atoms with E-state index in [1.54, 1.807) is 0 Å². The van der Waals surface area contributed by atoms with Gasteiger partial charge in [0.15, 0.2) is 0 Å². The first-order chi connectivity index (χ1) is 5.70. The van der Waals surface area contributed by atoms with Crippen LogP contribution >= 0.6 is 0 Å². The molecule has 0 aliphatic heterocycles. The zero-order valence-corrected chi connectivity index (χ0v) is 7.08. The first-order valence-corrected chi connectivity index (χ1v) is 4.44. The van der Waals surface area contributed by atoms with Crippen molar-refractivity contribution in [3.05, 3.63) is 0 Å². The number of hydrogen-bond donors (Lipinski definition) is 1. The van der Waals surface area contributed by atoms with Gasteiger partial charge in [0.05, 0.1) is 0 Å². The molecule has 0 radical (unpaired) electrons. The Morgan fingerprint density at radius 3 is 2.83 bits per heavy atom. The van der Waals surface area contributed by atoms with E-state index in [1.165, 1.54) is 0 Å². The Morgan fingerprint density at radius 2 is 2.25 bits per heavy atom. The first kappa shape index (κ1) is 9.23. The average Bonchev–Trinajstić information content (AvgIpc) is 2.03. The topological polar surface area (TPSA) is 54.4 Å². The van der Waals surface area contributed by atoms with Gasteiger partial charge in [0, 0.05) is 18.8 Å². The Bertz CT molecular complexity index is 186. The highest BCUT2D eigenvalue weighted by Gasteiger charge is 2.22. The van der Waals surface area contributed by atoms with Crippen LogP contribution in [0.4, 0.5) is 0 Å². The number of carboxylic acid groups (broad SMARTS) is 1. The van der Waals surface area contributed by atoms with Crippen molar-refractivity contribution in [2.24, 2.45) is 5.92 Å². The zero-order valence-electron chi connectivity index (χ0n) is 7.08. The van der Waals surface area contributed by atoms with Gasteiger partial charge in [-0.25, -0.2) is 0 Å². The van der Waals surface area contributed by atoms with Crippen molar-refractivity contribution in [3.63, 3.8) is 0 Å². The molecule has 68 valence electrons. The van der Waals surface area contributed by atoms with Gasteiger partial charge in [0.25, 0.3) is 0 Å². The number of hydrogen-bond acceptors (Lipinski definition) is 2. The second-order valence-electron chi connectivity index (χ2n) is 3.34. The van der Waals surface area contributed by atoms with Crippen LogP contribution in [0.25, 0.3) is 0 Å². The molecule has 0 spiro atoms. The molecule has 1 aliphatic rings. The van der Waals surface area contributed by atoms with E-state index in [0.717, 1.165) is 19.3 Å². The number of Topliss-reactive ketones (excluding diaryl/α,β-unsaturated/α-hetero) is 1. The lowest BCUT2D eigenvalue weighted by Gasteiger charge is -2.19. The van der Waals surface area contributed by atoms with Gasteiger partial charge in [0.2, 0.25) is 0 Å². The quantitative estimate of drug-likeness (QED) is 0.700. The molecule has 0 aromatic rings. The molecular weight excluding hydrogens is 156 g/mol. The third-order valence-electron chi connectivity index (χ3n) is 2.39. The molecule has 0 bridgehead atoms. The Kier molecular flexibility index (Phi) is 3.26. The van der Waals surface area contributed by atoms with E-state index in [9.17, 15) is 9.59 Å². The fraction of sp³-hybridized carbons (Fsp3) is 0.778. The van der Waals surface area contributed by atoms with Crippen molar-refractivity contribution in [1.29, 1.82) is 0 Å². The van der Waals surface area contributed by atoms with Gasteiger partial charge in [0.1, 0.15) is 5.78 Å². The normalized spacial score (nSPS) is 24.0. The SMILES string of the molecule is O=C(O)CC[C@@H]1CCCCC1=O. The van der Waals surface area contributed by atoms with E-state index in [4.69, 9.17) is 5.11 Å². The average molecular weight is 170 g/mol. The predicted molar refractivity (Wildman–Crippen MR) is 43.8 cm³/mol. The molecule has 1 fully saturated rings. The van der Waals surface area contributed by atoms with E-state index in [2.05, 4.69) is 0 Å². The highest BCUT2D eigenvalue weighted by molar-refractivity contribution is 5.82. The summed E-state index contributed by atoms with van der Waals surface area (Å²) in [6, 6.07) is 0. The fourth-order valence-corrected chi connectivity index (χ4v) is 1.66. The Morgan fingerprint density at radius 1 is 1.50 bits per heavy atom. The third kappa shape index (κ3) is 2.64. The minimum atomic E-state index is -0.798. The minimum Gasteiger partial charge on any atom is -0.481 e. The van der Waals surface area contributed by atoms with Gasteiger partial charge in [-0.2, -0.15) is 0 Å². The summed E-state index contributed by atoms with van der Waals surface area (Å²) in [5.41, 5.74) is 0. The van der Waals surface area contributed by atoms with E-state index in [0.29, 0.717) is 12.8 Å². The summed E-state index contributed by atoms with van der Waals surface area (Å²) in [5, 5.41) is 8.42. The molecule has 0 amide bonds. The molecule has 1 rings (SSSR count). The van der Waals surface area contributed by atoms with Crippen molar-refractivity contribution in [2.75, 3.05) is 0 Å². The van der Waals surface area contributed by atoms with Crippen LogP contribution < -0.4 is 0 Å². The van der Waals surface area contributed by atoms with Crippen molar-refractivity contribution in [2.45, 2.75) is 38.5 Å². The number of aliphatic carboxylic acids is 1. The largest absolute Gasteiger partial charge is 0.481 e. The van der Waals surface area contributed by atoms with Crippen LogP contribution in [0.2, 0.25) is 0 Å². The first-order valence-electron chi connectivity index (χ1n) is 4.44. The fourth-order valence-electron chi connectivity index (χ4n) is 1.66. The summed E-state index contributed by atoms with van der Waals surface area (Å²) >= 11 is 0. The standard InChI is InChI=1S/C9H14O3/c10-8-4-2-1-3-7(8)5-6-9(11)12/h7H,1-6H2,(H,11,12)/t7-/m0/s1. The number of carbonyl (C=O) groups excluding carboxylic acids is 1. The number of rotatable bonds is 3. The summed E-state index contributed by atoms with van der Waals surface area (Å²) in [6.45, 7) is 0. The third-order valence-corrected chi connectivity index (χ3v) is 2.39. The van der Waals surface area contributed by atoms with Crippen LogP contribution in [-0.4, -0.2) is 16.9 Å². The second-order valence-corrected chi connectivity index (χ2v) is 3.34. The number of carbonyl (C=O) groups is 2. The van der Waals surface area contributed by atoms with Gasteiger partial charge < -0.3 is 5.11 Å². The molecule has 3 nitrogen and oxygen atoms in total. The molecule has 0 heterocycles. The molecule has 0 aromatic carbocycles. The van der Waals surface area contributed by atoms with Crippen molar-refractivity contribution >= 4 is 11.8 Å². The molecule has 1 aliphatic carbocycles.